The first-order valence-electron chi connectivity index (χ1n) is 6.63. The van der Waals surface area contributed by atoms with Gasteiger partial charge in [0.2, 0.25) is 0 Å². The second-order valence-corrected chi connectivity index (χ2v) is 5.50. The predicted molar refractivity (Wildman–Crippen MR) is 70.7 cm³/mol. The van der Waals surface area contributed by atoms with Gasteiger partial charge in [-0.3, -0.25) is 0 Å². The van der Waals surface area contributed by atoms with E-state index in [-0.39, 0.29) is 11.5 Å². The summed E-state index contributed by atoms with van der Waals surface area (Å²) in [4.78, 5) is 0. The van der Waals surface area contributed by atoms with E-state index in [2.05, 4.69) is 36.5 Å². The second-order valence-electron chi connectivity index (χ2n) is 5.50. The molecule has 0 bridgehead atoms. The van der Waals surface area contributed by atoms with Crippen LogP contribution in [-0.2, 0) is 6.54 Å². The van der Waals surface area contributed by atoms with Gasteiger partial charge in [-0.05, 0) is 18.4 Å². The number of benzene rings is 1. The van der Waals surface area contributed by atoms with E-state index in [9.17, 15) is 5.11 Å². The molecule has 2 atom stereocenters. The summed E-state index contributed by atoms with van der Waals surface area (Å²) in [6.45, 7) is 4.00. The lowest BCUT2D eigenvalue weighted by Crippen LogP contribution is -2.43. The number of aliphatic hydroxyl groups is 1. The minimum absolute atomic E-state index is 0.0625. The Kier molecular flexibility index (Phi) is 4.19. The van der Waals surface area contributed by atoms with Crippen molar-refractivity contribution >= 4 is 0 Å². The molecule has 2 rings (SSSR count). The van der Waals surface area contributed by atoms with Crippen LogP contribution in [0.4, 0.5) is 0 Å². The lowest BCUT2D eigenvalue weighted by molar-refractivity contribution is 0.00115. The van der Waals surface area contributed by atoms with Gasteiger partial charge in [-0.2, -0.15) is 0 Å². The Morgan fingerprint density at radius 2 is 2.06 bits per heavy atom. The zero-order valence-electron chi connectivity index (χ0n) is 10.7. The summed E-state index contributed by atoms with van der Waals surface area (Å²) < 4.78 is 0. The van der Waals surface area contributed by atoms with Gasteiger partial charge in [0.1, 0.15) is 0 Å². The highest BCUT2D eigenvalue weighted by Crippen LogP contribution is 2.35. The maximum atomic E-state index is 10.1. The molecule has 2 nitrogen and oxygen atoms in total. The van der Waals surface area contributed by atoms with Crippen molar-refractivity contribution in [2.75, 3.05) is 6.54 Å². The van der Waals surface area contributed by atoms with Crippen LogP contribution in [0, 0.1) is 5.41 Å². The van der Waals surface area contributed by atoms with Crippen LogP contribution in [0.1, 0.15) is 38.2 Å². The standard InChI is InChI=1S/C15H23NO/c1-15(10-6-5-9-14(15)17)12-16-11-13-7-3-2-4-8-13/h2-4,7-8,14,16-17H,5-6,9-12H2,1H3. The summed E-state index contributed by atoms with van der Waals surface area (Å²) in [7, 11) is 0. The van der Waals surface area contributed by atoms with Crippen molar-refractivity contribution in [1.82, 2.24) is 5.32 Å². The van der Waals surface area contributed by atoms with E-state index in [1.54, 1.807) is 0 Å². The number of hydrogen-bond donors (Lipinski definition) is 2. The van der Waals surface area contributed by atoms with Crippen LogP contribution in [-0.4, -0.2) is 17.8 Å². The molecular formula is C15H23NO. The van der Waals surface area contributed by atoms with Gasteiger partial charge in [-0.25, -0.2) is 0 Å². The van der Waals surface area contributed by atoms with Crippen molar-refractivity contribution in [3.8, 4) is 0 Å². The molecule has 2 heteroatoms. The fraction of sp³-hybridized carbons (Fsp3) is 0.600. The highest BCUT2D eigenvalue weighted by atomic mass is 16.3. The Bertz CT molecular complexity index is 338. The van der Waals surface area contributed by atoms with Gasteiger partial charge in [0.05, 0.1) is 6.10 Å². The quantitative estimate of drug-likeness (QED) is 0.838. The Morgan fingerprint density at radius 3 is 2.76 bits per heavy atom. The van der Waals surface area contributed by atoms with E-state index in [1.807, 2.05) is 6.07 Å². The molecule has 1 fully saturated rings. The molecule has 0 saturated heterocycles. The third-order valence-corrected chi connectivity index (χ3v) is 3.98. The highest BCUT2D eigenvalue weighted by Gasteiger charge is 2.34. The molecule has 2 unspecified atom stereocenters. The summed E-state index contributed by atoms with van der Waals surface area (Å²) in [5.74, 6) is 0. The monoisotopic (exact) mass is 233 g/mol. The van der Waals surface area contributed by atoms with Crippen LogP contribution >= 0.6 is 0 Å². The van der Waals surface area contributed by atoms with E-state index in [4.69, 9.17) is 0 Å². The van der Waals surface area contributed by atoms with E-state index < -0.39 is 0 Å². The molecule has 0 heterocycles. The largest absolute Gasteiger partial charge is 0.393 e. The number of hydrogen-bond acceptors (Lipinski definition) is 2. The highest BCUT2D eigenvalue weighted by molar-refractivity contribution is 5.14. The number of aliphatic hydroxyl groups excluding tert-OH is 1. The topological polar surface area (TPSA) is 32.3 Å². The number of rotatable bonds is 4. The van der Waals surface area contributed by atoms with Gasteiger partial charge < -0.3 is 10.4 Å². The molecule has 0 aromatic heterocycles. The van der Waals surface area contributed by atoms with E-state index in [0.717, 1.165) is 25.9 Å². The fourth-order valence-corrected chi connectivity index (χ4v) is 2.68. The first-order chi connectivity index (χ1) is 8.21. The Hall–Kier alpha value is -0.860. The number of nitrogens with one attached hydrogen (secondary N) is 1. The van der Waals surface area contributed by atoms with Crippen LogP contribution < -0.4 is 5.32 Å². The Labute approximate surface area is 104 Å². The first kappa shape index (κ1) is 12.6. The molecule has 0 amide bonds. The molecule has 1 aromatic rings. The lowest BCUT2D eigenvalue weighted by Gasteiger charge is -2.38. The molecular weight excluding hydrogens is 210 g/mol. The molecule has 1 aliphatic rings. The maximum Gasteiger partial charge on any atom is 0.0605 e. The molecule has 94 valence electrons. The normalized spacial score (nSPS) is 29.2. The van der Waals surface area contributed by atoms with Crippen LogP contribution in [0.25, 0.3) is 0 Å². The minimum atomic E-state index is -0.139. The van der Waals surface area contributed by atoms with E-state index >= 15 is 0 Å². The van der Waals surface area contributed by atoms with Gasteiger partial charge in [-0.1, -0.05) is 50.1 Å². The molecule has 1 aromatic carbocycles. The van der Waals surface area contributed by atoms with Crippen molar-refractivity contribution in [1.29, 1.82) is 0 Å². The molecule has 2 N–H and O–H groups in total. The SMILES string of the molecule is CC1(CNCc2ccccc2)CCCCC1O. The first-order valence-corrected chi connectivity index (χ1v) is 6.63. The third kappa shape index (κ3) is 3.30. The summed E-state index contributed by atoms with van der Waals surface area (Å²) >= 11 is 0. The van der Waals surface area contributed by atoms with E-state index in [0.29, 0.717) is 0 Å². The molecule has 0 radical (unpaired) electrons. The van der Waals surface area contributed by atoms with Crippen LogP contribution in [0.15, 0.2) is 30.3 Å². The van der Waals surface area contributed by atoms with Crippen LogP contribution in [0.5, 0.6) is 0 Å². The molecule has 0 aliphatic heterocycles. The van der Waals surface area contributed by atoms with Crippen LogP contribution in [0.2, 0.25) is 0 Å². The maximum absolute atomic E-state index is 10.1. The van der Waals surface area contributed by atoms with Gasteiger partial charge in [0.15, 0.2) is 0 Å². The minimum Gasteiger partial charge on any atom is -0.393 e. The second kappa shape index (κ2) is 5.65. The predicted octanol–water partition coefficient (Wildman–Crippen LogP) is 2.72. The van der Waals surface area contributed by atoms with Gasteiger partial charge in [0.25, 0.3) is 0 Å². The van der Waals surface area contributed by atoms with E-state index in [1.165, 1.54) is 18.4 Å². The van der Waals surface area contributed by atoms with Gasteiger partial charge in [-0.15, -0.1) is 0 Å². The Balaban J connectivity index is 1.81. The van der Waals surface area contributed by atoms with Crippen molar-refractivity contribution in [2.24, 2.45) is 5.41 Å². The fourth-order valence-electron chi connectivity index (χ4n) is 2.68. The van der Waals surface area contributed by atoms with Crippen molar-refractivity contribution in [3.63, 3.8) is 0 Å². The summed E-state index contributed by atoms with van der Waals surface area (Å²) in [5.41, 5.74) is 1.37. The summed E-state index contributed by atoms with van der Waals surface area (Å²) in [5, 5.41) is 13.6. The van der Waals surface area contributed by atoms with Crippen molar-refractivity contribution in [3.05, 3.63) is 35.9 Å². The van der Waals surface area contributed by atoms with Crippen molar-refractivity contribution in [2.45, 2.75) is 45.3 Å². The molecule has 1 aliphatic carbocycles. The zero-order chi connectivity index (χ0) is 12.1. The molecule has 0 spiro atoms. The average molecular weight is 233 g/mol. The third-order valence-electron chi connectivity index (χ3n) is 3.98. The van der Waals surface area contributed by atoms with Crippen LogP contribution in [0.3, 0.4) is 0 Å². The zero-order valence-corrected chi connectivity index (χ0v) is 10.7. The summed E-state index contributed by atoms with van der Waals surface area (Å²) in [6, 6.07) is 10.4. The van der Waals surface area contributed by atoms with Gasteiger partial charge >= 0.3 is 0 Å². The summed E-state index contributed by atoms with van der Waals surface area (Å²) in [6.07, 6.45) is 4.38. The van der Waals surface area contributed by atoms with Gasteiger partial charge in [0, 0.05) is 18.5 Å². The lowest BCUT2D eigenvalue weighted by atomic mass is 9.73. The smallest absolute Gasteiger partial charge is 0.0605 e. The molecule has 1 saturated carbocycles. The average Bonchev–Trinajstić information content (AvgIpc) is 2.35. The van der Waals surface area contributed by atoms with Crippen molar-refractivity contribution < 1.29 is 5.11 Å². The molecule has 17 heavy (non-hydrogen) atoms. The Morgan fingerprint density at radius 1 is 1.29 bits per heavy atom.